The molecule has 19 heavy (non-hydrogen) atoms. The van der Waals surface area contributed by atoms with Gasteiger partial charge >= 0.3 is 0 Å². The van der Waals surface area contributed by atoms with Crippen molar-refractivity contribution in [3.8, 4) is 0 Å². The van der Waals surface area contributed by atoms with Gasteiger partial charge in [-0.05, 0) is 72.2 Å². The Morgan fingerprint density at radius 3 is 2.21 bits per heavy atom. The molecule has 4 aliphatic carbocycles. The minimum absolute atomic E-state index is 0.298. The van der Waals surface area contributed by atoms with Crippen LogP contribution in [0.4, 0.5) is 11.4 Å². The van der Waals surface area contributed by atoms with Gasteiger partial charge in [0.25, 0.3) is 0 Å². The molecule has 4 saturated carbocycles. The van der Waals surface area contributed by atoms with E-state index in [1.54, 1.807) is 6.20 Å². The summed E-state index contributed by atoms with van der Waals surface area (Å²) in [5, 5.41) is 3.81. The number of nitrogens with zero attached hydrogens (tertiary/aromatic N) is 1. The van der Waals surface area contributed by atoms with Gasteiger partial charge in [0.2, 0.25) is 0 Å². The van der Waals surface area contributed by atoms with Crippen LogP contribution in [-0.2, 0) is 0 Å². The van der Waals surface area contributed by atoms with Crippen LogP contribution in [0, 0.1) is 17.8 Å². The molecular formula is C15H20BrN3. The first-order valence-electron chi connectivity index (χ1n) is 7.31. The van der Waals surface area contributed by atoms with E-state index in [2.05, 4.69) is 26.2 Å². The summed E-state index contributed by atoms with van der Waals surface area (Å²) in [5.74, 6) is 2.83. The average Bonchev–Trinajstić information content (AvgIpc) is 2.32. The Bertz CT molecular complexity index is 459. The zero-order valence-corrected chi connectivity index (χ0v) is 12.6. The van der Waals surface area contributed by atoms with Crippen LogP contribution in [0.15, 0.2) is 16.9 Å². The number of hydrogen-bond donors (Lipinski definition) is 2. The number of rotatable bonds is 2. The molecule has 4 bridgehead atoms. The van der Waals surface area contributed by atoms with E-state index in [1.807, 2.05) is 6.20 Å². The van der Waals surface area contributed by atoms with Crippen LogP contribution in [0.1, 0.15) is 38.5 Å². The molecule has 3 N–H and O–H groups in total. The lowest BCUT2D eigenvalue weighted by molar-refractivity contribution is 0.0107. The number of hydrogen-bond acceptors (Lipinski definition) is 3. The largest absolute Gasteiger partial charge is 0.396 e. The lowest BCUT2D eigenvalue weighted by Crippen LogP contribution is -2.54. The van der Waals surface area contributed by atoms with Crippen molar-refractivity contribution in [1.29, 1.82) is 0 Å². The smallest absolute Gasteiger partial charge is 0.0754 e. The second-order valence-electron chi connectivity index (χ2n) is 6.91. The molecule has 0 unspecified atom stereocenters. The molecular weight excluding hydrogens is 302 g/mol. The first kappa shape index (κ1) is 12.0. The van der Waals surface area contributed by atoms with Crippen LogP contribution >= 0.6 is 15.9 Å². The Hall–Kier alpha value is -0.770. The lowest BCUT2D eigenvalue weighted by Gasteiger charge is -2.57. The van der Waals surface area contributed by atoms with Gasteiger partial charge in [-0.2, -0.15) is 0 Å². The van der Waals surface area contributed by atoms with E-state index in [0.717, 1.165) is 33.6 Å². The van der Waals surface area contributed by atoms with Gasteiger partial charge in [-0.3, -0.25) is 4.98 Å². The third kappa shape index (κ3) is 1.95. The molecule has 0 amide bonds. The SMILES string of the molecule is Nc1cncc(Br)c1NC12CC3CC(CC(C3)C1)C2. The third-order valence-electron chi connectivity index (χ3n) is 5.36. The molecule has 0 spiro atoms. The number of nitrogens with two attached hydrogens (primary N) is 1. The summed E-state index contributed by atoms with van der Waals surface area (Å²) >= 11 is 3.58. The highest BCUT2D eigenvalue weighted by atomic mass is 79.9. The minimum Gasteiger partial charge on any atom is -0.396 e. The molecule has 0 saturated heterocycles. The molecule has 0 aromatic carbocycles. The minimum atomic E-state index is 0.298. The van der Waals surface area contributed by atoms with Gasteiger partial charge in [0.15, 0.2) is 0 Å². The summed E-state index contributed by atoms with van der Waals surface area (Å²) in [5.41, 5.74) is 8.20. The van der Waals surface area contributed by atoms with Gasteiger partial charge in [-0.25, -0.2) is 0 Å². The molecule has 4 aliphatic rings. The molecule has 0 atom stereocenters. The van der Waals surface area contributed by atoms with Crippen LogP contribution in [0.25, 0.3) is 0 Å². The molecule has 4 heteroatoms. The first-order valence-corrected chi connectivity index (χ1v) is 8.10. The van der Waals surface area contributed by atoms with Crippen molar-refractivity contribution in [2.45, 2.75) is 44.1 Å². The summed E-state index contributed by atoms with van der Waals surface area (Å²) in [4.78, 5) is 4.13. The van der Waals surface area contributed by atoms with E-state index in [9.17, 15) is 0 Å². The summed E-state index contributed by atoms with van der Waals surface area (Å²) in [6.45, 7) is 0. The lowest BCUT2D eigenvalue weighted by atomic mass is 9.53. The van der Waals surface area contributed by atoms with Crippen LogP contribution in [-0.4, -0.2) is 10.5 Å². The maximum absolute atomic E-state index is 6.10. The predicted molar refractivity (Wildman–Crippen MR) is 80.9 cm³/mol. The maximum Gasteiger partial charge on any atom is 0.0754 e. The molecule has 3 nitrogen and oxygen atoms in total. The normalized spacial score (nSPS) is 39.5. The van der Waals surface area contributed by atoms with Gasteiger partial charge in [0.05, 0.1) is 22.0 Å². The average molecular weight is 322 g/mol. The van der Waals surface area contributed by atoms with E-state index >= 15 is 0 Å². The topological polar surface area (TPSA) is 50.9 Å². The molecule has 0 radical (unpaired) electrons. The maximum atomic E-state index is 6.10. The van der Waals surface area contributed by atoms with E-state index in [1.165, 1.54) is 38.5 Å². The fraction of sp³-hybridized carbons (Fsp3) is 0.667. The quantitative estimate of drug-likeness (QED) is 0.870. The van der Waals surface area contributed by atoms with Crippen molar-refractivity contribution in [2.24, 2.45) is 17.8 Å². The highest BCUT2D eigenvalue weighted by Gasteiger charge is 2.51. The molecule has 1 aromatic rings. The Morgan fingerprint density at radius 1 is 1.11 bits per heavy atom. The number of nitrogens with one attached hydrogen (secondary N) is 1. The fourth-order valence-corrected chi connectivity index (χ4v) is 5.56. The fourth-order valence-electron chi connectivity index (χ4n) is 5.11. The van der Waals surface area contributed by atoms with E-state index in [0.29, 0.717) is 5.54 Å². The Labute approximate surface area is 122 Å². The van der Waals surface area contributed by atoms with Crippen molar-refractivity contribution in [3.63, 3.8) is 0 Å². The van der Waals surface area contributed by atoms with Gasteiger partial charge in [-0.1, -0.05) is 0 Å². The second kappa shape index (κ2) is 4.11. The highest BCUT2D eigenvalue weighted by Crippen LogP contribution is 2.57. The summed E-state index contributed by atoms with van der Waals surface area (Å²) < 4.78 is 0.989. The summed E-state index contributed by atoms with van der Waals surface area (Å²) in [6.07, 6.45) is 12.0. The van der Waals surface area contributed by atoms with Gasteiger partial charge in [-0.15, -0.1) is 0 Å². The van der Waals surface area contributed by atoms with Crippen LogP contribution < -0.4 is 11.1 Å². The molecule has 0 aliphatic heterocycles. The number of anilines is 2. The Morgan fingerprint density at radius 2 is 1.68 bits per heavy atom. The second-order valence-corrected chi connectivity index (χ2v) is 7.76. The first-order chi connectivity index (χ1) is 9.13. The van der Waals surface area contributed by atoms with Crippen molar-refractivity contribution in [2.75, 3.05) is 11.1 Å². The van der Waals surface area contributed by atoms with Crippen molar-refractivity contribution in [1.82, 2.24) is 4.98 Å². The Kier molecular flexibility index (Phi) is 2.60. The van der Waals surface area contributed by atoms with Crippen LogP contribution in [0.5, 0.6) is 0 Å². The van der Waals surface area contributed by atoms with Crippen LogP contribution in [0.3, 0.4) is 0 Å². The molecule has 1 heterocycles. The van der Waals surface area contributed by atoms with Crippen molar-refractivity contribution in [3.05, 3.63) is 16.9 Å². The molecule has 102 valence electrons. The third-order valence-corrected chi connectivity index (χ3v) is 5.96. The number of pyridine rings is 1. The molecule has 4 fully saturated rings. The molecule has 1 aromatic heterocycles. The summed E-state index contributed by atoms with van der Waals surface area (Å²) in [7, 11) is 0. The number of nitrogen functional groups attached to an aromatic ring is 1. The zero-order chi connectivity index (χ0) is 13.0. The number of aromatic nitrogens is 1. The predicted octanol–water partition coefficient (Wildman–Crippen LogP) is 3.81. The van der Waals surface area contributed by atoms with Gasteiger partial charge < -0.3 is 11.1 Å². The van der Waals surface area contributed by atoms with Gasteiger partial charge in [0.1, 0.15) is 0 Å². The standard InChI is InChI=1S/C15H20BrN3/c16-12-7-18-8-13(17)14(12)19-15-4-9-1-10(5-15)3-11(2-9)6-15/h7-11H,1-6,17H2,(H,18,19). The van der Waals surface area contributed by atoms with E-state index in [-0.39, 0.29) is 0 Å². The number of halogens is 1. The summed E-state index contributed by atoms with van der Waals surface area (Å²) in [6, 6.07) is 0. The van der Waals surface area contributed by atoms with E-state index in [4.69, 9.17) is 5.73 Å². The highest BCUT2D eigenvalue weighted by molar-refractivity contribution is 9.10. The van der Waals surface area contributed by atoms with Crippen molar-refractivity contribution < 1.29 is 0 Å². The van der Waals surface area contributed by atoms with Crippen molar-refractivity contribution >= 4 is 27.3 Å². The zero-order valence-electron chi connectivity index (χ0n) is 11.0. The Balaban J connectivity index is 1.66. The molecule has 5 rings (SSSR count). The van der Waals surface area contributed by atoms with Gasteiger partial charge in [0, 0.05) is 11.7 Å². The monoisotopic (exact) mass is 321 g/mol. The van der Waals surface area contributed by atoms with Crippen LogP contribution in [0.2, 0.25) is 0 Å². The van der Waals surface area contributed by atoms with E-state index < -0.39 is 0 Å².